The van der Waals surface area contributed by atoms with E-state index in [0.29, 0.717) is 6.54 Å². The van der Waals surface area contributed by atoms with E-state index in [4.69, 9.17) is 0 Å². The Morgan fingerprint density at radius 2 is 2.00 bits per heavy atom. The van der Waals surface area contributed by atoms with Crippen LogP contribution in [-0.4, -0.2) is 29.8 Å². The average Bonchev–Trinajstić information content (AvgIpc) is 2.44. The van der Waals surface area contributed by atoms with Crippen molar-refractivity contribution in [2.75, 3.05) is 13.1 Å². The molecule has 1 unspecified atom stereocenters. The van der Waals surface area contributed by atoms with Gasteiger partial charge in [-0.25, -0.2) is 0 Å². The summed E-state index contributed by atoms with van der Waals surface area (Å²) in [7, 11) is 0. The summed E-state index contributed by atoms with van der Waals surface area (Å²) in [6.45, 7) is 5.44. The van der Waals surface area contributed by atoms with Gasteiger partial charge in [-0.2, -0.15) is 0 Å². The number of nitrogens with zero attached hydrogens (tertiary/aromatic N) is 1. The molecule has 0 aliphatic heterocycles. The predicted octanol–water partition coefficient (Wildman–Crippen LogP) is 2.84. The van der Waals surface area contributed by atoms with Gasteiger partial charge in [0.25, 0.3) is 0 Å². The molecule has 1 aromatic carbocycles. The van der Waals surface area contributed by atoms with E-state index >= 15 is 0 Å². The number of hydrogen-bond donors (Lipinski definition) is 3. The van der Waals surface area contributed by atoms with Crippen LogP contribution in [0.2, 0.25) is 0 Å². The van der Waals surface area contributed by atoms with Gasteiger partial charge in [0.15, 0.2) is 5.96 Å². The molecule has 0 radical (unpaired) electrons. The molecule has 1 aromatic rings. The molecular weight excluding hydrogens is 377 g/mol. The second kappa shape index (κ2) is 8.58. The Morgan fingerprint density at radius 3 is 2.52 bits per heavy atom. The first-order valence-electron chi connectivity index (χ1n) is 7.45. The van der Waals surface area contributed by atoms with Crippen molar-refractivity contribution in [3.8, 4) is 0 Å². The van der Waals surface area contributed by atoms with Gasteiger partial charge in [0, 0.05) is 6.54 Å². The van der Waals surface area contributed by atoms with E-state index in [1.54, 1.807) is 0 Å². The lowest BCUT2D eigenvalue weighted by atomic mass is 9.80. The van der Waals surface area contributed by atoms with Gasteiger partial charge in [0.1, 0.15) is 0 Å². The van der Waals surface area contributed by atoms with E-state index < -0.39 is 5.60 Å². The van der Waals surface area contributed by atoms with Crippen LogP contribution in [0.1, 0.15) is 44.7 Å². The monoisotopic (exact) mass is 403 g/mol. The third kappa shape index (κ3) is 5.47. The molecule has 2 rings (SSSR count). The molecule has 0 spiro atoms. The van der Waals surface area contributed by atoms with Crippen molar-refractivity contribution >= 4 is 29.9 Å². The summed E-state index contributed by atoms with van der Waals surface area (Å²) in [6.07, 6.45) is 2.84. The summed E-state index contributed by atoms with van der Waals surface area (Å²) < 4.78 is 0. The van der Waals surface area contributed by atoms with Crippen molar-refractivity contribution in [1.29, 1.82) is 0 Å². The van der Waals surface area contributed by atoms with Gasteiger partial charge in [-0.3, -0.25) is 4.99 Å². The van der Waals surface area contributed by atoms with E-state index in [-0.39, 0.29) is 30.0 Å². The fourth-order valence-electron chi connectivity index (χ4n) is 2.32. The number of hydrogen-bond acceptors (Lipinski definition) is 2. The molecule has 21 heavy (non-hydrogen) atoms. The Balaban J connectivity index is 0.00000220. The van der Waals surface area contributed by atoms with Gasteiger partial charge in [0.05, 0.1) is 18.2 Å². The van der Waals surface area contributed by atoms with Crippen LogP contribution in [0.3, 0.4) is 0 Å². The largest absolute Gasteiger partial charge is 0.388 e. The van der Waals surface area contributed by atoms with Gasteiger partial charge in [0.2, 0.25) is 0 Å². The Morgan fingerprint density at radius 1 is 1.33 bits per heavy atom. The highest BCUT2D eigenvalue weighted by Crippen LogP contribution is 2.31. The van der Waals surface area contributed by atoms with Crippen molar-refractivity contribution in [2.24, 2.45) is 4.99 Å². The molecule has 1 aliphatic carbocycles. The quantitative estimate of drug-likeness (QED) is 0.403. The topological polar surface area (TPSA) is 56.7 Å². The molecule has 0 heterocycles. The van der Waals surface area contributed by atoms with Crippen LogP contribution in [0.5, 0.6) is 0 Å². The highest BCUT2D eigenvalue weighted by atomic mass is 127. The van der Waals surface area contributed by atoms with Crippen LogP contribution in [0.25, 0.3) is 0 Å². The van der Waals surface area contributed by atoms with Gasteiger partial charge in [-0.1, -0.05) is 30.3 Å². The number of halogens is 1. The van der Waals surface area contributed by atoms with E-state index in [1.165, 1.54) is 5.56 Å². The van der Waals surface area contributed by atoms with Crippen LogP contribution in [-0.2, 0) is 0 Å². The minimum Gasteiger partial charge on any atom is -0.388 e. The highest BCUT2D eigenvalue weighted by Gasteiger charge is 2.34. The summed E-state index contributed by atoms with van der Waals surface area (Å²) in [5.74, 6) is 0.768. The fourth-order valence-corrected chi connectivity index (χ4v) is 2.32. The van der Waals surface area contributed by atoms with Gasteiger partial charge < -0.3 is 15.7 Å². The molecule has 1 saturated carbocycles. The maximum atomic E-state index is 10.1. The summed E-state index contributed by atoms with van der Waals surface area (Å²) >= 11 is 0. The normalized spacial score (nSPS) is 18.1. The van der Waals surface area contributed by atoms with E-state index in [2.05, 4.69) is 34.7 Å². The second-order valence-electron chi connectivity index (χ2n) is 5.55. The molecule has 1 atom stereocenters. The van der Waals surface area contributed by atoms with Crippen LogP contribution >= 0.6 is 24.0 Å². The fraction of sp³-hybridized carbons (Fsp3) is 0.562. The summed E-state index contributed by atoms with van der Waals surface area (Å²) in [6, 6.07) is 10.5. The van der Waals surface area contributed by atoms with E-state index in [9.17, 15) is 5.11 Å². The smallest absolute Gasteiger partial charge is 0.191 e. The molecular formula is C16H26IN3O. The predicted molar refractivity (Wildman–Crippen MR) is 98.2 cm³/mol. The number of benzene rings is 1. The number of guanidine groups is 1. The molecule has 0 bridgehead atoms. The Labute approximate surface area is 144 Å². The molecule has 3 N–H and O–H groups in total. The van der Waals surface area contributed by atoms with Crippen molar-refractivity contribution in [1.82, 2.24) is 10.6 Å². The van der Waals surface area contributed by atoms with Crippen molar-refractivity contribution < 1.29 is 5.11 Å². The summed E-state index contributed by atoms with van der Waals surface area (Å²) in [5, 5.41) is 16.7. The number of aliphatic imine (C=N–C) groups is 1. The summed E-state index contributed by atoms with van der Waals surface area (Å²) in [5.41, 5.74) is 0.652. The lowest BCUT2D eigenvalue weighted by molar-refractivity contribution is -0.0236. The van der Waals surface area contributed by atoms with E-state index in [0.717, 1.165) is 31.8 Å². The summed E-state index contributed by atoms with van der Waals surface area (Å²) in [4.78, 5) is 4.52. The Bertz CT molecular complexity index is 446. The molecule has 0 aromatic heterocycles. The van der Waals surface area contributed by atoms with Crippen LogP contribution in [0.15, 0.2) is 35.3 Å². The zero-order chi connectivity index (χ0) is 14.4. The Hall–Kier alpha value is -0.820. The Kier molecular flexibility index (Phi) is 7.45. The first-order valence-corrected chi connectivity index (χ1v) is 7.45. The SMILES string of the molecule is CCNC(=NCC1(O)CCC1)NC(C)c1ccccc1.I. The third-order valence-electron chi connectivity index (χ3n) is 3.81. The van der Waals surface area contributed by atoms with Crippen molar-refractivity contribution in [3.05, 3.63) is 35.9 Å². The van der Waals surface area contributed by atoms with Crippen molar-refractivity contribution in [3.63, 3.8) is 0 Å². The second-order valence-corrected chi connectivity index (χ2v) is 5.55. The van der Waals surface area contributed by atoms with Crippen LogP contribution in [0.4, 0.5) is 0 Å². The lowest BCUT2D eigenvalue weighted by Crippen LogP contribution is -2.43. The van der Waals surface area contributed by atoms with Crippen molar-refractivity contribution in [2.45, 2.75) is 44.8 Å². The highest BCUT2D eigenvalue weighted by molar-refractivity contribution is 14.0. The first kappa shape index (κ1) is 18.2. The number of aliphatic hydroxyl groups is 1. The van der Waals surface area contributed by atoms with Crippen LogP contribution < -0.4 is 10.6 Å². The molecule has 118 valence electrons. The lowest BCUT2D eigenvalue weighted by Gasteiger charge is -2.35. The maximum Gasteiger partial charge on any atom is 0.191 e. The standard InChI is InChI=1S/C16H25N3O.HI/c1-3-17-15(18-12-16(20)10-7-11-16)19-13(2)14-8-5-4-6-9-14;/h4-6,8-9,13,20H,3,7,10-12H2,1-2H3,(H2,17,18,19);1H. The minimum atomic E-state index is -0.571. The van der Waals surface area contributed by atoms with E-state index in [1.807, 2.05) is 25.1 Å². The van der Waals surface area contributed by atoms with Gasteiger partial charge >= 0.3 is 0 Å². The molecule has 5 heteroatoms. The van der Waals surface area contributed by atoms with Gasteiger partial charge in [-0.15, -0.1) is 24.0 Å². The molecule has 1 aliphatic rings. The maximum absolute atomic E-state index is 10.1. The number of nitrogens with one attached hydrogen (secondary N) is 2. The minimum absolute atomic E-state index is 0. The zero-order valence-corrected chi connectivity index (χ0v) is 15.1. The number of rotatable bonds is 5. The average molecular weight is 403 g/mol. The first-order chi connectivity index (χ1) is 9.63. The van der Waals surface area contributed by atoms with Crippen LogP contribution in [0, 0.1) is 0 Å². The molecule has 4 nitrogen and oxygen atoms in total. The molecule has 0 amide bonds. The molecule has 0 saturated heterocycles. The molecule has 1 fully saturated rings. The third-order valence-corrected chi connectivity index (χ3v) is 3.81. The zero-order valence-electron chi connectivity index (χ0n) is 12.8. The van der Waals surface area contributed by atoms with Gasteiger partial charge in [-0.05, 0) is 38.7 Å².